The van der Waals surface area contributed by atoms with Gasteiger partial charge in [-0.25, -0.2) is 4.39 Å². The van der Waals surface area contributed by atoms with Crippen molar-refractivity contribution in [3.8, 4) is 5.75 Å². The van der Waals surface area contributed by atoms with Gasteiger partial charge in [-0.1, -0.05) is 35.3 Å². The molecule has 1 fully saturated rings. The van der Waals surface area contributed by atoms with Gasteiger partial charge in [0, 0.05) is 50.0 Å². The van der Waals surface area contributed by atoms with E-state index in [9.17, 15) is 27.2 Å². The monoisotopic (exact) mass is 638 g/mol. The topological polar surface area (TPSA) is 49.9 Å². The van der Waals surface area contributed by atoms with E-state index in [0.29, 0.717) is 59.3 Å². The van der Waals surface area contributed by atoms with Crippen molar-refractivity contribution in [3.63, 3.8) is 0 Å². The van der Waals surface area contributed by atoms with Crippen LogP contribution in [-0.4, -0.2) is 54.8 Å². The molecule has 2 atom stereocenters. The van der Waals surface area contributed by atoms with Crippen LogP contribution < -0.4 is 4.74 Å². The maximum absolute atomic E-state index is 14.2. The Kier molecular flexibility index (Phi) is 10.7. The molecule has 1 amide bonds. The van der Waals surface area contributed by atoms with Gasteiger partial charge >= 0.3 is 6.18 Å². The number of Topliss-reactive ketones (excluding diaryl/α,β-unsaturated/α-hetero) is 1. The summed E-state index contributed by atoms with van der Waals surface area (Å²) in [5.41, 5.74) is 0.531. The third-order valence-corrected chi connectivity index (χ3v) is 8.55. The van der Waals surface area contributed by atoms with Gasteiger partial charge in [0.25, 0.3) is 0 Å². The van der Waals surface area contributed by atoms with Gasteiger partial charge in [-0.2, -0.15) is 13.2 Å². The number of methoxy groups -OCH3 is 1. The molecular weight excluding hydrogens is 607 g/mol. The van der Waals surface area contributed by atoms with Crippen molar-refractivity contribution in [1.82, 2.24) is 9.80 Å². The average molecular weight is 640 g/mol. The molecule has 0 radical (unpaired) electrons. The largest absolute Gasteiger partial charge is 0.497 e. The van der Waals surface area contributed by atoms with E-state index in [1.165, 1.54) is 6.07 Å². The zero-order valence-electron chi connectivity index (χ0n) is 23.8. The number of benzene rings is 3. The molecule has 11 heteroatoms. The zero-order chi connectivity index (χ0) is 31.3. The van der Waals surface area contributed by atoms with Crippen LogP contribution in [0.25, 0.3) is 0 Å². The van der Waals surface area contributed by atoms with Gasteiger partial charge in [0.15, 0.2) is 5.78 Å². The van der Waals surface area contributed by atoms with E-state index in [0.717, 1.165) is 17.7 Å². The molecule has 0 bridgehead atoms. The Morgan fingerprint density at radius 3 is 2.28 bits per heavy atom. The molecule has 0 aliphatic carbocycles. The highest BCUT2D eigenvalue weighted by Gasteiger charge is 2.39. The summed E-state index contributed by atoms with van der Waals surface area (Å²) in [7, 11) is 3.35. The van der Waals surface area contributed by atoms with Crippen LogP contribution in [0.3, 0.4) is 0 Å². The first kappa shape index (κ1) is 32.8. The van der Waals surface area contributed by atoms with Crippen molar-refractivity contribution >= 4 is 34.9 Å². The number of unbranched alkanes of at least 4 members (excludes halogenated alkanes) is 1. The molecule has 1 saturated heterocycles. The average Bonchev–Trinajstić information content (AvgIpc) is 3.42. The molecule has 1 aliphatic rings. The molecule has 0 aromatic heterocycles. The lowest BCUT2D eigenvalue weighted by Crippen LogP contribution is -2.38. The number of likely N-dealkylation sites (tertiary alicyclic amines) is 1. The van der Waals surface area contributed by atoms with Gasteiger partial charge in [0.05, 0.1) is 22.7 Å². The van der Waals surface area contributed by atoms with E-state index >= 15 is 0 Å². The quantitative estimate of drug-likeness (QED) is 0.121. The fraction of sp³-hybridized carbons (Fsp3) is 0.375. The lowest BCUT2D eigenvalue weighted by Gasteiger charge is -2.29. The number of hydrogen-bond acceptors (Lipinski definition) is 4. The summed E-state index contributed by atoms with van der Waals surface area (Å²) < 4.78 is 58.5. The van der Waals surface area contributed by atoms with Gasteiger partial charge in [0.1, 0.15) is 11.6 Å². The first-order chi connectivity index (χ1) is 20.4. The first-order valence-corrected chi connectivity index (χ1v) is 14.6. The fourth-order valence-electron chi connectivity index (χ4n) is 5.44. The highest BCUT2D eigenvalue weighted by atomic mass is 35.5. The smallest absolute Gasteiger partial charge is 0.419 e. The Bertz CT molecular complexity index is 1450. The molecule has 1 aliphatic heterocycles. The molecular formula is C32H32Cl2F4N2O3. The van der Waals surface area contributed by atoms with E-state index in [1.807, 2.05) is 11.0 Å². The highest BCUT2D eigenvalue weighted by molar-refractivity contribution is 6.42. The first-order valence-electron chi connectivity index (χ1n) is 13.8. The van der Waals surface area contributed by atoms with Crippen LogP contribution in [0.4, 0.5) is 17.6 Å². The number of carbonyl (C=O) groups excluding carboxylic acids is 2. The van der Waals surface area contributed by atoms with Gasteiger partial charge in [0.2, 0.25) is 5.91 Å². The maximum Gasteiger partial charge on any atom is 0.419 e. The number of hydrogen-bond donors (Lipinski definition) is 0. The fourth-order valence-corrected chi connectivity index (χ4v) is 5.75. The van der Waals surface area contributed by atoms with Gasteiger partial charge in [-0.15, -0.1) is 0 Å². The third-order valence-electron chi connectivity index (χ3n) is 7.81. The van der Waals surface area contributed by atoms with E-state index in [-0.39, 0.29) is 36.6 Å². The van der Waals surface area contributed by atoms with Crippen molar-refractivity contribution in [2.75, 3.05) is 27.2 Å². The van der Waals surface area contributed by atoms with Crippen molar-refractivity contribution in [1.29, 1.82) is 0 Å². The molecule has 0 unspecified atom stereocenters. The number of nitrogens with zero attached hydrogens (tertiary/aromatic N) is 2. The number of amides is 1. The van der Waals surface area contributed by atoms with Crippen LogP contribution in [-0.2, 0) is 17.5 Å². The molecule has 230 valence electrons. The Labute approximate surface area is 258 Å². The van der Waals surface area contributed by atoms with Crippen molar-refractivity contribution in [3.05, 3.63) is 98.8 Å². The molecule has 0 spiro atoms. The predicted molar refractivity (Wildman–Crippen MR) is 158 cm³/mol. The van der Waals surface area contributed by atoms with Crippen LogP contribution in [0.1, 0.15) is 58.6 Å². The normalized spacial score (nSPS) is 17.0. The van der Waals surface area contributed by atoms with Crippen LogP contribution in [0.5, 0.6) is 5.75 Å². The third kappa shape index (κ3) is 8.28. The summed E-state index contributed by atoms with van der Waals surface area (Å²) in [5.74, 6) is -0.883. The van der Waals surface area contributed by atoms with E-state index in [2.05, 4.69) is 0 Å². The maximum atomic E-state index is 14.2. The minimum Gasteiger partial charge on any atom is -0.497 e. The van der Waals surface area contributed by atoms with Crippen molar-refractivity contribution in [2.45, 2.75) is 50.4 Å². The summed E-state index contributed by atoms with van der Waals surface area (Å²) in [4.78, 5) is 29.4. The van der Waals surface area contributed by atoms with Gasteiger partial charge < -0.3 is 9.64 Å². The van der Waals surface area contributed by atoms with Crippen molar-refractivity contribution < 1.29 is 31.9 Å². The molecule has 43 heavy (non-hydrogen) atoms. The number of ether oxygens (including phenoxy) is 1. The molecule has 1 heterocycles. The predicted octanol–water partition coefficient (Wildman–Crippen LogP) is 8.03. The SMILES string of the molecule is COc1ccc(C(=O)CCCCC(=O)N2C[C@H](c3ccc(Cl)c(Cl)c3)[C@H](N(C)Cc3ccc(C(F)(F)F)c(F)c3)C2)cc1. The number of rotatable bonds is 11. The number of halogens is 6. The Hall–Kier alpha value is -3.14. The lowest BCUT2D eigenvalue weighted by atomic mass is 9.93. The van der Waals surface area contributed by atoms with Crippen LogP contribution in [0.15, 0.2) is 60.7 Å². The van der Waals surface area contributed by atoms with Crippen LogP contribution in [0, 0.1) is 5.82 Å². The second kappa shape index (κ2) is 14.1. The molecule has 0 N–H and O–H groups in total. The Balaban J connectivity index is 1.41. The van der Waals surface area contributed by atoms with Gasteiger partial charge in [-0.3, -0.25) is 14.5 Å². The minimum absolute atomic E-state index is 0.00246. The highest BCUT2D eigenvalue weighted by Crippen LogP contribution is 2.36. The van der Waals surface area contributed by atoms with E-state index < -0.39 is 17.6 Å². The zero-order valence-corrected chi connectivity index (χ0v) is 25.3. The molecule has 3 aromatic rings. The van der Waals surface area contributed by atoms with E-state index in [1.54, 1.807) is 55.5 Å². The molecule has 4 rings (SSSR count). The van der Waals surface area contributed by atoms with Crippen molar-refractivity contribution in [2.24, 2.45) is 0 Å². The van der Waals surface area contributed by atoms with Gasteiger partial charge in [-0.05, 0) is 79.5 Å². The summed E-state index contributed by atoms with van der Waals surface area (Å²) in [6.07, 6.45) is -3.09. The van der Waals surface area contributed by atoms with Crippen LogP contribution in [0.2, 0.25) is 10.0 Å². The molecule has 3 aromatic carbocycles. The summed E-state index contributed by atoms with van der Waals surface area (Å²) in [5, 5.41) is 0.766. The molecule has 5 nitrogen and oxygen atoms in total. The Morgan fingerprint density at radius 1 is 0.953 bits per heavy atom. The Morgan fingerprint density at radius 2 is 1.65 bits per heavy atom. The lowest BCUT2D eigenvalue weighted by molar-refractivity contribution is -0.140. The second-order valence-electron chi connectivity index (χ2n) is 10.7. The minimum atomic E-state index is -4.78. The number of alkyl halides is 3. The number of likely N-dealkylation sites (N-methyl/N-ethyl adjacent to an activating group) is 1. The van der Waals surface area contributed by atoms with E-state index in [4.69, 9.17) is 27.9 Å². The molecule has 0 saturated carbocycles. The van der Waals surface area contributed by atoms with Crippen LogP contribution >= 0.6 is 23.2 Å². The second-order valence-corrected chi connectivity index (χ2v) is 11.5. The summed E-state index contributed by atoms with van der Waals surface area (Å²) in [6, 6.07) is 14.9. The summed E-state index contributed by atoms with van der Waals surface area (Å²) >= 11 is 12.4. The number of carbonyl (C=O) groups is 2. The number of ketones is 1. The standard InChI is InChI=1S/C32H32Cl2F4N2O3/c1-39(17-20-7-13-25(28(35)15-20)32(36,37)38)29-19-40(18-24(29)22-10-14-26(33)27(34)16-22)31(42)6-4-3-5-30(41)21-8-11-23(43-2)12-9-21/h7-16,24,29H,3-6,17-19H2,1-2H3/t24-,29-/m1/s1. The summed E-state index contributed by atoms with van der Waals surface area (Å²) in [6.45, 7) is 0.944.